The molecule has 0 aliphatic carbocycles. The lowest BCUT2D eigenvalue weighted by Crippen LogP contribution is -2.20. The third kappa shape index (κ3) is 6.81. The Bertz CT molecular complexity index is 1300. The Balaban J connectivity index is 1.68. The number of rotatable bonds is 10. The highest BCUT2D eigenvalue weighted by molar-refractivity contribution is 8.00. The van der Waals surface area contributed by atoms with Gasteiger partial charge in [0.25, 0.3) is 0 Å². The summed E-state index contributed by atoms with van der Waals surface area (Å²) >= 11 is 19.6. The van der Waals surface area contributed by atoms with Gasteiger partial charge in [0, 0.05) is 32.9 Å². The van der Waals surface area contributed by atoms with Crippen molar-refractivity contribution in [3.63, 3.8) is 0 Å². The smallest absolute Gasteiger partial charge is 0.242 e. The summed E-state index contributed by atoms with van der Waals surface area (Å²) in [6.07, 6.45) is 0. The topological polar surface area (TPSA) is 69.0 Å². The molecule has 0 aliphatic rings. The minimum absolute atomic E-state index is 0.239. The normalized spacial score (nSPS) is 11.9. The van der Waals surface area contributed by atoms with Crippen LogP contribution in [0.5, 0.6) is 0 Å². The zero-order valence-electron chi connectivity index (χ0n) is 19.3. The molecule has 36 heavy (non-hydrogen) atoms. The van der Waals surface area contributed by atoms with Gasteiger partial charge in [-0.1, -0.05) is 76.9 Å². The number of amides is 1. The van der Waals surface area contributed by atoms with Crippen LogP contribution in [0.4, 0.5) is 5.69 Å². The van der Waals surface area contributed by atoms with Gasteiger partial charge in [-0.05, 0) is 55.0 Å². The number of carbonyl (C=O) groups is 1. The quantitative estimate of drug-likeness (QED) is 0.161. The molecule has 1 amide bonds. The molecule has 1 aromatic heterocycles. The predicted molar refractivity (Wildman–Crippen MR) is 147 cm³/mol. The number of thioether (sulfide) groups is 1. The fourth-order valence-corrected chi connectivity index (χ4v) is 5.25. The zero-order valence-corrected chi connectivity index (χ0v) is 22.4. The summed E-state index contributed by atoms with van der Waals surface area (Å²) in [7, 11) is 0. The molecule has 4 rings (SSSR count). The van der Waals surface area contributed by atoms with Crippen LogP contribution in [0.25, 0.3) is 11.4 Å². The highest BCUT2D eigenvalue weighted by Gasteiger charge is 2.26. The third-order valence-corrected chi connectivity index (χ3v) is 7.10. The molecule has 1 atom stereocenters. The van der Waals surface area contributed by atoms with Crippen LogP contribution in [-0.4, -0.2) is 33.9 Å². The Morgan fingerprint density at radius 1 is 0.972 bits per heavy atom. The van der Waals surface area contributed by atoms with Crippen molar-refractivity contribution in [1.82, 2.24) is 14.8 Å². The molecule has 0 saturated heterocycles. The number of anilines is 1. The maximum Gasteiger partial charge on any atom is 0.242 e. The molecule has 186 valence electrons. The Kier molecular flexibility index (Phi) is 9.29. The Morgan fingerprint density at radius 2 is 1.67 bits per heavy atom. The summed E-state index contributed by atoms with van der Waals surface area (Å²) in [5.41, 5.74) is 2.20. The molecule has 0 bridgehead atoms. The maximum atomic E-state index is 13.5. The molecule has 1 unspecified atom stereocenters. The molecule has 0 fully saturated rings. The molecule has 0 saturated carbocycles. The van der Waals surface area contributed by atoms with E-state index in [1.807, 2.05) is 66.1 Å². The molecule has 3 aromatic carbocycles. The molecule has 1 heterocycles. The second kappa shape index (κ2) is 12.6. The van der Waals surface area contributed by atoms with E-state index < -0.39 is 5.25 Å². The second-order valence-electron chi connectivity index (χ2n) is 7.72. The fourth-order valence-electron chi connectivity index (χ4n) is 3.53. The van der Waals surface area contributed by atoms with E-state index in [0.717, 1.165) is 11.1 Å². The maximum absolute atomic E-state index is 13.5. The number of hydrogen-bond donors (Lipinski definition) is 1. The predicted octanol–water partition coefficient (Wildman–Crippen LogP) is 7.41. The first-order valence-electron chi connectivity index (χ1n) is 11.2. The lowest BCUT2D eigenvalue weighted by Gasteiger charge is -2.18. The van der Waals surface area contributed by atoms with Gasteiger partial charge in [0.1, 0.15) is 5.25 Å². The Labute approximate surface area is 228 Å². The minimum atomic E-state index is -0.614. The summed E-state index contributed by atoms with van der Waals surface area (Å²) in [4.78, 5) is 13.5. The van der Waals surface area contributed by atoms with E-state index in [1.54, 1.807) is 18.2 Å². The SMILES string of the molecule is CCOCCn1c(SC(C(=O)Nc2cc(Cl)cc(Cl)c2)c2ccccc2)nnc1-c1ccc(Cl)cc1. The third-order valence-electron chi connectivity index (χ3n) is 5.18. The molecule has 4 aromatic rings. The van der Waals surface area contributed by atoms with Crippen LogP contribution in [0.15, 0.2) is 78.0 Å². The van der Waals surface area contributed by atoms with E-state index in [2.05, 4.69) is 15.5 Å². The summed E-state index contributed by atoms with van der Waals surface area (Å²) in [5.74, 6) is 0.430. The highest BCUT2D eigenvalue weighted by Crippen LogP contribution is 2.37. The number of nitrogens with zero attached hydrogens (tertiary/aromatic N) is 3. The first-order valence-corrected chi connectivity index (χ1v) is 13.2. The summed E-state index contributed by atoms with van der Waals surface area (Å²) in [6.45, 7) is 3.54. The number of aromatic nitrogens is 3. The highest BCUT2D eigenvalue weighted by atomic mass is 35.5. The molecule has 0 spiro atoms. The fraction of sp³-hybridized carbons (Fsp3) is 0.192. The van der Waals surface area contributed by atoms with Gasteiger partial charge >= 0.3 is 0 Å². The standard InChI is InChI=1S/C26H23Cl3N4O2S/c1-2-35-13-12-33-24(18-8-10-19(27)11-9-18)31-32-26(33)36-23(17-6-4-3-5-7-17)25(34)30-22-15-20(28)14-21(29)16-22/h3-11,14-16,23H,2,12-13H2,1H3,(H,30,34). The van der Waals surface area contributed by atoms with Gasteiger partial charge in [-0.15, -0.1) is 10.2 Å². The van der Waals surface area contributed by atoms with Crippen molar-refractivity contribution in [1.29, 1.82) is 0 Å². The first-order chi connectivity index (χ1) is 17.4. The van der Waals surface area contributed by atoms with Crippen LogP contribution in [0.3, 0.4) is 0 Å². The lowest BCUT2D eigenvalue weighted by molar-refractivity contribution is -0.115. The average molecular weight is 562 g/mol. The summed E-state index contributed by atoms with van der Waals surface area (Å²) in [5, 5.41) is 13.3. The van der Waals surface area contributed by atoms with Crippen LogP contribution in [0.2, 0.25) is 15.1 Å². The number of benzene rings is 3. The van der Waals surface area contributed by atoms with Gasteiger partial charge < -0.3 is 10.1 Å². The Morgan fingerprint density at radius 3 is 2.33 bits per heavy atom. The van der Waals surface area contributed by atoms with Crippen molar-refractivity contribution in [3.05, 3.63) is 93.4 Å². The van der Waals surface area contributed by atoms with Crippen molar-refractivity contribution in [2.45, 2.75) is 23.9 Å². The van der Waals surface area contributed by atoms with E-state index >= 15 is 0 Å². The zero-order chi connectivity index (χ0) is 25.5. The number of hydrogen-bond acceptors (Lipinski definition) is 5. The number of ether oxygens (including phenoxy) is 1. The van der Waals surface area contributed by atoms with E-state index in [9.17, 15) is 4.79 Å². The van der Waals surface area contributed by atoms with E-state index in [4.69, 9.17) is 39.5 Å². The van der Waals surface area contributed by atoms with Crippen molar-refractivity contribution in [3.8, 4) is 11.4 Å². The monoisotopic (exact) mass is 560 g/mol. The summed E-state index contributed by atoms with van der Waals surface area (Å²) < 4.78 is 7.56. The van der Waals surface area contributed by atoms with Crippen molar-refractivity contribution in [2.75, 3.05) is 18.5 Å². The van der Waals surface area contributed by atoms with Crippen LogP contribution in [-0.2, 0) is 16.1 Å². The average Bonchev–Trinajstić information content (AvgIpc) is 3.25. The van der Waals surface area contributed by atoms with Gasteiger partial charge in [-0.25, -0.2) is 0 Å². The number of nitrogens with one attached hydrogen (secondary N) is 1. The Hall–Kier alpha value is -2.55. The molecule has 6 nitrogen and oxygen atoms in total. The van der Waals surface area contributed by atoms with Crippen molar-refractivity contribution >= 4 is 58.2 Å². The van der Waals surface area contributed by atoms with Gasteiger partial charge in [0.15, 0.2) is 11.0 Å². The minimum Gasteiger partial charge on any atom is -0.380 e. The van der Waals surface area contributed by atoms with Gasteiger partial charge in [-0.2, -0.15) is 0 Å². The molecule has 0 radical (unpaired) electrons. The molecular weight excluding hydrogens is 539 g/mol. The van der Waals surface area contributed by atoms with Crippen molar-refractivity contribution < 1.29 is 9.53 Å². The van der Waals surface area contributed by atoms with Crippen LogP contribution in [0, 0.1) is 0 Å². The molecule has 0 aliphatic heterocycles. The lowest BCUT2D eigenvalue weighted by atomic mass is 10.1. The van der Waals surface area contributed by atoms with E-state index in [0.29, 0.717) is 51.5 Å². The van der Waals surface area contributed by atoms with Gasteiger partial charge in [0.2, 0.25) is 5.91 Å². The first kappa shape index (κ1) is 26.5. The van der Waals surface area contributed by atoms with E-state index in [1.165, 1.54) is 11.8 Å². The second-order valence-corrected chi connectivity index (χ2v) is 10.1. The largest absolute Gasteiger partial charge is 0.380 e. The van der Waals surface area contributed by atoms with Crippen molar-refractivity contribution in [2.24, 2.45) is 0 Å². The summed E-state index contributed by atoms with van der Waals surface area (Å²) in [6, 6.07) is 21.8. The molecule has 10 heteroatoms. The van der Waals surface area contributed by atoms with Crippen LogP contribution >= 0.6 is 46.6 Å². The number of carbonyl (C=O) groups excluding carboxylic acids is 1. The van der Waals surface area contributed by atoms with E-state index in [-0.39, 0.29) is 5.91 Å². The molecule has 1 N–H and O–H groups in total. The van der Waals surface area contributed by atoms with Crippen LogP contribution in [0.1, 0.15) is 17.7 Å². The van der Waals surface area contributed by atoms with Gasteiger partial charge in [0.05, 0.1) is 13.2 Å². The van der Waals surface area contributed by atoms with Crippen LogP contribution < -0.4 is 5.32 Å². The van der Waals surface area contributed by atoms with Gasteiger partial charge in [-0.3, -0.25) is 9.36 Å². The number of halogens is 3. The molecular formula is C26H23Cl3N4O2S.